The zero-order valence-electron chi connectivity index (χ0n) is 11.3. The number of benzene rings is 1. The molecule has 0 radical (unpaired) electrons. The van der Waals surface area contributed by atoms with Gasteiger partial charge in [-0.25, -0.2) is 9.18 Å². The normalized spacial score (nSPS) is 10.0. The first-order chi connectivity index (χ1) is 10.1. The third-order valence-electron chi connectivity index (χ3n) is 2.65. The summed E-state index contributed by atoms with van der Waals surface area (Å²) in [6.07, 6.45) is 2.29. The van der Waals surface area contributed by atoms with Gasteiger partial charge >= 0.3 is 5.97 Å². The number of aromatic nitrogens is 1. The van der Waals surface area contributed by atoms with Crippen molar-refractivity contribution in [2.45, 2.75) is 6.92 Å². The molecule has 0 bridgehead atoms. The molecule has 1 N–H and O–H groups in total. The first-order valence-electron chi connectivity index (χ1n) is 6.30. The van der Waals surface area contributed by atoms with Gasteiger partial charge in [-0.1, -0.05) is 6.07 Å². The molecule has 0 unspecified atom stereocenters. The highest BCUT2D eigenvalue weighted by Crippen LogP contribution is 2.14. The first kappa shape index (κ1) is 14.6. The Balaban J connectivity index is 2.17. The highest BCUT2D eigenvalue weighted by atomic mass is 19.1. The molecule has 1 heterocycles. The van der Waals surface area contributed by atoms with Crippen LogP contribution in [-0.4, -0.2) is 23.5 Å². The Hall–Kier alpha value is -2.76. The van der Waals surface area contributed by atoms with E-state index >= 15 is 0 Å². The quantitative estimate of drug-likeness (QED) is 0.878. The van der Waals surface area contributed by atoms with Crippen LogP contribution in [0.2, 0.25) is 0 Å². The lowest BCUT2D eigenvalue weighted by Gasteiger charge is -2.07. The van der Waals surface area contributed by atoms with Gasteiger partial charge in [0.15, 0.2) is 5.82 Å². The molecule has 0 aliphatic rings. The minimum Gasteiger partial charge on any atom is -0.462 e. The van der Waals surface area contributed by atoms with Crippen molar-refractivity contribution >= 4 is 17.6 Å². The Bertz CT molecular complexity index is 673. The summed E-state index contributed by atoms with van der Waals surface area (Å²) in [6.45, 7) is 1.97. The van der Waals surface area contributed by atoms with E-state index in [1.807, 2.05) is 0 Å². The Morgan fingerprint density at radius 2 is 2.14 bits per heavy atom. The molecule has 0 saturated heterocycles. The highest BCUT2D eigenvalue weighted by molar-refractivity contribution is 6.04. The highest BCUT2D eigenvalue weighted by Gasteiger charge is 2.13. The fourth-order valence-corrected chi connectivity index (χ4v) is 1.70. The van der Waals surface area contributed by atoms with Crippen molar-refractivity contribution in [2.75, 3.05) is 11.9 Å². The van der Waals surface area contributed by atoms with Gasteiger partial charge in [0, 0.05) is 11.9 Å². The van der Waals surface area contributed by atoms with Crippen LogP contribution in [0.5, 0.6) is 0 Å². The molecule has 0 aliphatic carbocycles. The summed E-state index contributed by atoms with van der Waals surface area (Å²) in [5, 5.41) is 2.52. The molecule has 1 amide bonds. The summed E-state index contributed by atoms with van der Waals surface area (Å²) in [6, 6.07) is 7.51. The molecule has 6 heteroatoms. The SMILES string of the molecule is CCOC(=O)c1cccc(NC(=O)c2ccncc2F)c1. The van der Waals surface area contributed by atoms with Crippen molar-refractivity contribution in [3.8, 4) is 0 Å². The number of ether oxygens (including phenoxy) is 1. The summed E-state index contributed by atoms with van der Waals surface area (Å²) < 4.78 is 18.3. The molecule has 0 fully saturated rings. The molecule has 2 aromatic rings. The number of nitrogens with zero attached hydrogens (tertiary/aromatic N) is 1. The molecule has 5 nitrogen and oxygen atoms in total. The van der Waals surface area contributed by atoms with Gasteiger partial charge in [-0.3, -0.25) is 9.78 Å². The summed E-state index contributed by atoms with van der Waals surface area (Å²) in [5.41, 5.74) is 0.568. The van der Waals surface area contributed by atoms with Crippen LogP contribution in [0.4, 0.5) is 10.1 Å². The smallest absolute Gasteiger partial charge is 0.338 e. The zero-order valence-corrected chi connectivity index (χ0v) is 11.3. The van der Waals surface area contributed by atoms with Crippen molar-refractivity contribution in [3.05, 3.63) is 59.7 Å². The predicted octanol–water partition coefficient (Wildman–Crippen LogP) is 2.65. The number of amides is 1. The maximum absolute atomic E-state index is 13.5. The second-order valence-electron chi connectivity index (χ2n) is 4.11. The number of pyridine rings is 1. The Morgan fingerprint density at radius 1 is 1.33 bits per heavy atom. The van der Waals surface area contributed by atoms with Gasteiger partial charge < -0.3 is 10.1 Å². The average Bonchev–Trinajstić information content (AvgIpc) is 2.48. The lowest BCUT2D eigenvalue weighted by Crippen LogP contribution is -2.14. The van der Waals surface area contributed by atoms with Gasteiger partial charge in [-0.15, -0.1) is 0 Å². The Morgan fingerprint density at radius 3 is 2.86 bits per heavy atom. The van der Waals surface area contributed by atoms with Crippen LogP contribution >= 0.6 is 0 Å². The zero-order chi connectivity index (χ0) is 15.2. The number of anilines is 1. The summed E-state index contributed by atoms with van der Waals surface area (Å²) in [4.78, 5) is 27.1. The maximum atomic E-state index is 13.5. The second kappa shape index (κ2) is 6.60. The number of carbonyl (C=O) groups is 2. The average molecular weight is 288 g/mol. The van der Waals surface area contributed by atoms with Crippen LogP contribution in [0.25, 0.3) is 0 Å². The van der Waals surface area contributed by atoms with E-state index in [4.69, 9.17) is 4.74 Å². The molecule has 0 spiro atoms. The number of rotatable bonds is 4. The molecule has 2 rings (SSSR count). The number of carbonyl (C=O) groups excluding carboxylic acids is 2. The number of esters is 1. The van der Waals surface area contributed by atoms with E-state index in [-0.39, 0.29) is 12.2 Å². The Kier molecular flexibility index (Phi) is 4.61. The lowest BCUT2D eigenvalue weighted by atomic mass is 10.2. The van der Waals surface area contributed by atoms with E-state index in [0.29, 0.717) is 11.3 Å². The van der Waals surface area contributed by atoms with Gasteiger partial charge in [0.1, 0.15) is 0 Å². The van der Waals surface area contributed by atoms with Crippen LogP contribution in [-0.2, 0) is 4.74 Å². The fourth-order valence-electron chi connectivity index (χ4n) is 1.70. The van der Waals surface area contributed by atoms with E-state index in [2.05, 4.69) is 10.3 Å². The van der Waals surface area contributed by atoms with Crippen LogP contribution in [0.15, 0.2) is 42.7 Å². The van der Waals surface area contributed by atoms with Crippen molar-refractivity contribution in [3.63, 3.8) is 0 Å². The lowest BCUT2D eigenvalue weighted by molar-refractivity contribution is 0.0526. The van der Waals surface area contributed by atoms with E-state index in [1.54, 1.807) is 25.1 Å². The topological polar surface area (TPSA) is 68.3 Å². The second-order valence-corrected chi connectivity index (χ2v) is 4.11. The third kappa shape index (κ3) is 3.62. The van der Waals surface area contributed by atoms with E-state index in [0.717, 1.165) is 6.20 Å². The maximum Gasteiger partial charge on any atom is 0.338 e. The molecule has 0 atom stereocenters. The number of halogens is 1. The molecular weight excluding hydrogens is 275 g/mol. The van der Waals surface area contributed by atoms with Crippen molar-refractivity contribution in [1.29, 1.82) is 0 Å². The molecule has 21 heavy (non-hydrogen) atoms. The minimum atomic E-state index is -0.712. The van der Waals surface area contributed by atoms with E-state index in [9.17, 15) is 14.0 Å². The summed E-state index contributed by atoms with van der Waals surface area (Å²) in [5.74, 6) is -1.81. The number of nitrogens with one attached hydrogen (secondary N) is 1. The van der Waals surface area contributed by atoms with Crippen LogP contribution in [0.3, 0.4) is 0 Å². The molecule has 0 saturated carbocycles. The largest absolute Gasteiger partial charge is 0.462 e. The Labute approximate surface area is 120 Å². The molecule has 108 valence electrons. The molecule has 1 aromatic heterocycles. The molecule has 0 aliphatic heterocycles. The monoisotopic (exact) mass is 288 g/mol. The third-order valence-corrected chi connectivity index (χ3v) is 2.65. The number of hydrogen-bond acceptors (Lipinski definition) is 4. The molecular formula is C15H13FN2O3. The van der Waals surface area contributed by atoms with Gasteiger partial charge in [0.2, 0.25) is 0 Å². The van der Waals surface area contributed by atoms with Crippen LogP contribution in [0, 0.1) is 5.82 Å². The first-order valence-corrected chi connectivity index (χ1v) is 6.30. The van der Waals surface area contributed by atoms with Gasteiger partial charge in [0.05, 0.1) is 23.9 Å². The van der Waals surface area contributed by atoms with Crippen molar-refractivity contribution in [1.82, 2.24) is 4.98 Å². The standard InChI is InChI=1S/C15H13FN2O3/c1-2-21-15(20)10-4-3-5-11(8-10)18-14(19)12-6-7-17-9-13(12)16/h3-9H,2H2,1H3,(H,18,19). The summed E-state index contributed by atoms with van der Waals surface area (Å²) >= 11 is 0. The molecule has 1 aromatic carbocycles. The fraction of sp³-hybridized carbons (Fsp3) is 0.133. The van der Waals surface area contributed by atoms with Crippen molar-refractivity contribution < 1.29 is 18.7 Å². The van der Waals surface area contributed by atoms with E-state index < -0.39 is 17.7 Å². The van der Waals surface area contributed by atoms with Gasteiger partial charge in [0.25, 0.3) is 5.91 Å². The number of hydrogen-bond donors (Lipinski definition) is 1. The van der Waals surface area contributed by atoms with Gasteiger partial charge in [-0.2, -0.15) is 0 Å². The van der Waals surface area contributed by atoms with E-state index in [1.165, 1.54) is 18.3 Å². The van der Waals surface area contributed by atoms with Crippen LogP contribution in [0.1, 0.15) is 27.6 Å². The van der Waals surface area contributed by atoms with Gasteiger partial charge in [-0.05, 0) is 31.2 Å². The van der Waals surface area contributed by atoms with Crippen molar-refractivity contribution in [2.24, 2.45) is 0 Å². The van der Waals surface area contributed by atoms with Crippen LogP contribution < -0.4 is 5.32 Å². The minimum absolute atomic E-state index is 0.119. The summed E-state index contributed by atoms with van der Waals surface area (Å²) in [7, 11) is 0. The predicted molar refractivity (Wildman–Crippen MR) is 74.5 cm³/mol.